The summed E-state index contributed by atoms with van der Waals surface area (Å²) in [7, 11) is 0. The summed E-state index contributed by atoms with van der Waals surface area (Å²) >= 11 is 0. The zero-order valence-corrected chi connectivity index (χ0v) is 10.1. The van der Waals surface area contributed by atoms with E-state index in [1.54, 1.807) is 6.07 Å². The highest BCUT2D eigenvalue weighted by Gasteiger charge is 2.16. The van der Waals surface area contributed by atoms with Crippen molar-refractivity contribution in [1.29, 1.82) is 0 Å². The highest BCUT2D eigenvalue weighted by atomic mass is 16.5. The number of pyridine rings is 1. The first-order valence-corrected chi connectivity index (χ1v) is 5.43. The van der Waals surface area contributed by atoms with Gasteiger partial charge in [-0.3, -0.25) is 4.98 Å². The predicted octanol–water partition coefficient (Wildman–Crippen LogP) is 0.847. The molecule has 8 nitrogen and oxygen atoms in total. The second kappa shape index (κ2) is 5.74. The maximum Gasteiger partial charge on any atom is 0.337 e. The van der Waals surface area contributed by atoms with Gasteiger partial charge in [0.05, 0.1) is 16.8 Å². The molecule has 0 aliphatic heterocycles. The van der Waals surface area contributed by atoms with Crippen molar-refractivity contribution in [3.8, 4) is 6.01 Å². The highest BCUT2D eigenvalue weighted by molar-refractivity contribution is 5.94. The normalized spacial score (nSPS) is 10.0. The van der Waals surface area contributed by atoms with Crippen molar-refractivity contribution < 1.29 is 24.5 Å². The van der Waals surface area contributed by atoms with Gasteiger partial charge < -0.3 is 14.9 Å². The molecule has 2 aromatic rings. The fraction of sp³-hybridized carbons (Fsp3) is 0.0833. The lowest BCUT2D eigenvalue weighted by Crippen LogP contribution is -2.11. The number of aromatic nitrogens is 3. The lowest BCUT2D eigenvalue weighted by atomic mass is 10.1. The van der Waals surface area contributed by atoms with Gasteiger partial charge in [-0.15, -0.1) is 0 Å². The van der Waals surface area contributed by atoms with E-state index in [0.717, 1.165) is 12.3 Å². The van der Waals surface area contributed by atoms with Gasteiger partial charge in [0.1, 0.15) is 6.61 Å². The standard InChI is InChI=1S/C12H9N3O5/c16-10(17)7-4-8(11(18)19)9(15-5-7)6-20-12-13-2-1-3-14-12/h1-5H,6H2,(H,16,17)(H,18,19). The average molecular weight is 275 g/mol. The van der Waals surface area contributed by atoms with Crippen LogP contribution in [0.1, 0.15) is 26.4 Å². The van der Waals surface area contributed by atoms with Crippen LogP contribution in [0.2, 0.25) is 0 Å². The summed E-state index contributed by atoms with van der Waals surface area (Å²) in [5.74, 6) is -2.54. The summed E-state index contributed by atoms with van der Waals surface area (Å²) in [5.41, 5.74) is -0.349. The Bertz CT molecular complexity index is 645. The molecule has 0 radical (unpaired) electrons. The molecule has 0 bridgehead atoms. The van der Waals surface area contributed by atoms with Crippen LogP contribution in [0.3, 0.4) is 0 Å². The molecule has 0 aliphatic rings. The van der Waals surface area contributed by atoms with Gasteiger partial charge in [-0.05, 0) is 12.1 Å². The number of carboxylic acids is 2. The van der Waals surface area contributed by atoms with Crippen LogP contribution in [0.15, 0.2) is 30.7 Å². The van der Waals surface area contributed by atoms with Gasteiger partial charge in [0.15, 0.2) is 0 Å². The van der Waals surface area contributed by atoms with Gasteiger partial charge in [-0.1, -0.05) is 0 Å². The third kappa shape index (κ3) is 3.05. The van der Waals surface area contributed by atoms with Crippen LogP contribution in [-0.4, -0.2) is 37.1 Å². The van der Waals surface area contributed by atoms with E-state index in [4.69, 9.17) is 14.9 Å². The van der Waals surface area contributed by atoms with E-state index >= 15 is 0 Å². The van der Waals surface area contributed by atoms with Gasteiger partial charge in [-0.25, -0.2) is 19.6 Å². The monoisotopic (exact) mass is 275 g/mol. The number of carbonyl (C=O) groups is 2. The lowest BCUT2D eigenvalue weighted by molar-refractivity contribution is 0.0693. The Balaban J connectivity index is 2.23. The first-order chi connectivity index (χ1) is 9.58. The van der Waals surface area contributed by atoms with E-state index in [-0.39, 0.29) is 29.4 Å². The van der Waals surface area contributed by atoms with Gasteiger partial charge in [0.25, 0.3) is 0 Å². The number of carboxylic acid groups (broad SMARTS) is 2. The number of aromatic carboxylic acids is 2. The molecule has 0 aromatic carbocycles. The molecule has 0 saturated carbocycles. The van der Waals surface area contributed by atoms with E-state index in [9.17, 15) is 9.59 Å². The largest absolute Gasteiger partial charge is 0.478 e. The molecule has 102 valence electrons. The molecule has 8 heteroatoms. The highest BCUT2D eigenvalue weighted by Crippen LogP contribution is 2.12. The van der Waals surface area contributed by atoms with Crippen molar-refractivity contribution >= 4 is 11.9 Å². The van der Waals surface area contributed by atoms with Crippen molar-refractivity contribution in [2.75, 3.05) is 0 Å². The first kappa shape index (κ1) is 13.4. The molecule has 0 fully saturated rings. The lowest BCUT2D eigenvalue weighted by Gasteiger charge is -2.07. The van der Waals surface area contributed by atoms with Crippen molar-refractivity contribution in [2.24, 2.45) is 0 Å². The van der Waals surface area contributed by atoms with E-state index in [1.165, 1.54) is 12.4 Å². The summed E-state index contributed by atoms with van der Waals surface area (Å²) in [5, 5.41) is 17.9. The molecule has 2 heterocycles. The van der Waals surface area contributed by atoms with Gasteiger partial charge in [0.2, 0.25) is 0 Å². The van der Waals surface area contributed by atoms with Crippen LogP contribution in [0.4, 0.5) is 0 Å². The smallest absolute Gasteiger partial charge is 0.337 e. The van der Waals surface area contributed by atoms with E-state index in [2.05, 4.69) is 15.0 Å². The average Bonchev–Trinajstić information content (AvgIpc) is 2.45. The van der Waals surface area contributed by atoms with Crippen LogP contribution in [-0.2, 0) is 6.61 Å². The van der Waals surface area contributed by atoms with Gasteiger partial charge in [0, 0.05) is 18.6 Å². The molecule has 0 unspecified atom stereocenters. The van der Waals surface area contributed by atoms with E-state index in [1.807, 2.05) is 0 Å². The molecule has 2 N–H and O–H groups in total. The van der Waals surface area contributed by atoms with Crippen molar-refractivity contribution in [2.45, 2.75) is 6.61 Å². The van der Waals surface area contributed by atoms with Gasteiger partial charge >= 0.3 is 17.9 Å². The van der Waals surface area contributed by atoms with Crippen LogP contribution < -0.4 is 4.74 Å². The Hall–Kier alpha value is -3.03. The summed E-state index contributed by atoms with van der Waals surface area (Å²) in [6, 6.07) is 2.71. The van der Waals surface area contributed by atoms with Gasteiger partial charge in [-0.2, -0.15) is 0 Å². The zero-order valence-electron chi connectivity index (χ0n) is 10.1. The fourth-order valence-corrected chi connectivity index (χ4v) is 1.40. The Morgan fingerprint density at radius 2 is 1.80 bits per heavy atom. The predicted molar refractivity (Wildman–Crippen MR) is 64.5 cm³/mol. The van der Waals surface area contributed by atoms with E-state index in [0.29, 0.717) is 0 Å². The molecule has 0 saturated heterocycles. The number of rotatable bonds is 5. The van der Waals surface area contributed by atoms with Crippen LogP contribution in [0.5, 0.6) is 6.01 Å². The molecular formula is C12H9N3O5. The Kier molecular flexibility index (Phi) is 3.85. The minimum Gasteiger partial charge on any atom is -0.478 e. The maximum atomic E-state index is 11.1. The summed E-state index contributed by atoms with van der Waals surface area (Å²) in [6.07, 6.45) is 4.02. The minimum absolute atomic E-state index is 0.0768. The topological polar surface area (TPSA) is 123 Å². The second-order valence-corrected chi connectivity index (χ2v) is 3.65. The molecule has 0 atom stereocenters. The maximum absolute atomic E-state index is 11.1. The number of nitrogens with zero attached hydrogens (tertiary/aromatic N) is 3. The summed E-state index contributed by atoms with van der Waals surface area (Å²) in [4.78, 5) is 33.3. The Morgan fingerprint density at radius 3 is 2.40 bits per heavy atom. The quantitative estimate of drug-likeness (QED) is 0.823. The molecular weight excluding hydrogens is 266 g/mol. The number of hydrogen-bond acceptors (Lipinski definition) is 6. The van der Waals surface area contributed by atoms with Crippen LogP contribution in [0, 0.1) is 0 Å². The Labute approximate surface area is 112 Å². The molecule has 0 spiro atoms. The van der Waals surface area contributed by atoms with Crippen LogP contribution >= 0.6 is 0 Å². The van der Waals surface area contributed by atoms with Crippen molar-refractivity contribution in [3.63, 3.8) is 0 Å². The third-order valence-electron chi connectivity index (χ3n) is 2.33. The minimum atomic E-state index is -1.28. The fourth-order valence-electron chi connectivity index (χ4n) is 1.40. The van der Waals surface area contributed by atoms with Crippen molar-refractivity contribution in [3.05, 3.63) is 47.5 Å². The SMILES string of the molecule is O=C(O)c1cnc(COc2ncccn2)c(C(=O)O)c1. The molecule has 20 heavy (non-hydrogen) atoms. The number of ether oxygens (including phenoxy) is 1. The third-order valence-corrected chi connectivity index (χ3v) is 2.33. The molecule has 2 rings (SSSR count). The van der Waals surface area contributed by atoms with E-state index < -0.39 is 11.9 Å². The number of hydrogen-bond donors (Lipinski definition) is 2. The van der Waals surface area contributed by atoms with Crippen molar-refractivity contribution in [1.82, 2.24) is 15.0 Å². The molecule has 2 aromatic heterocycles. The molecule has 0 aliphatic carbocycles. The zero-order chi connectivity index (χ0) is 14.5. The summed E-state index contributed by atoms with van der Waals surface area (Å²) < 4.78 is 5.19. The second-order valence-electron chi connectivity index (χ2n) is 3.65. The summed E-state index contributed by atoms with van der Waals surface area (Å²) in [6.45, 7) is -0.175. The first-order valence-electron chi connectivity index (χ1n) is 5.43. The molecule has 0 amide bonds. The van der Waals surface area contributed by atoms with Crippen LogP contribution in [0.25, 0.3) is 0 Å². The Morgan fingerprint density at radius 1 is 1.10 bits per heavy atom.